The van der Waals surface area contributed by atoms with Gasteiger partial charge in [0, 0.05) is 18.5 Å². The van der Waals surface area contributed by atoms with Crippen LogP contribution in [-0.2, 0) is 4.79 Å². The number of hydrogen-bond donors (Lipinski definition) is 1. The van der Waals surface area contributed by atoms with Crippen LogP contribution in [0.1, 0.15) is 58.2 Å². The fraction of sp³-hybridized carbons (Fsp3) is 0.333. The van der Waals surface area contributed by atoms with E-state index >= 15 is 0 Å². The molecule has 33 heavy (non-hydrogen) atoms. The van der Waals surface area contributed by atoms with Gasteiger partial charge in [-0.2, -0.15) is 0 Å². The second-order valence-corrected chi connectivity index (χ2v) is 9.14. The topological polar surface area (TPSA) is 93.7 Å². The van der Waals surface area contributed by atoms with Crippen LogP contribution in [0.25, 0.3) is 0 Å². The predicted molar refractivity (Wildman–Crippen MR) is 126 cm³/mol. The zero-order valence-electron chi connectivity index (χ0n) is 19.2. The SMILES string of the molecule is COc1ccc([C@H]2[C@@H](C(=O)Nc3nnc(C(C)C)s3)c3ccccc3C(=O)N2C)cc1OC. The number of fused-ring (bicyclic) bond motifs is 1. The summed E-state index contributed by atoms with van der Waals surface area (Å²) in [7, 11) is 4.83. The molecular formula is C24H26N4O4S. The van der Waals surface area contributed by atoms with E-state index in [1.54, 1.807) is 44.4 Å². The number of aromatic nitrogens is 2. The molecule has 1 N–H and O–H groups in total. The number of benzene rings is 2. The van der Waals surface area contributed by atoms with Gasteiger partial charge in [-0.05, 0) is 29.3 Å². The van der Waals surface area contributed by atoms with Crippen LogP contribution in [-0.4, -0.2) is 48.2 Å². The molecule has 0 radical (unpaired) electrons. The Hall–Kier alpha value is -3.46. The second-order valence-electron chi connectivity index (χ2n) is 8.13. The summed E-state index contributed by atoms with van der Waals surface area (Å²) in [6.45, 7) is 4.05. The van der Waals surface area contributed by atoms with Crippen molar-refractivity contribution in [3.05, 3.63) is 64.2 Å². The predicted octanol–water partition coefficient (Wildman–Crippen LogP) is 4.23. The number of rotatable bonds is 6. The highest BCUT2D eigenvalue weighted by Crippen LogP contribution is 2.44. The molecule has 1 aliphatic rings. The van der Waals surface area contributed by atoms with E-state index < -0.39 is 12.0 Å². The Bertz CT molecular complexity index is 1190. The second kappa shape index (κ2) is 9.19. The van der Waals surface area contributed by atoms with Crippen LogP contribution in [0.2, 0.25) is 0 Å². The van der Waals surface area contributed by atoms with E-state index in [-0.39, 0.29) is 17.7 Å². The Balaban J connectivity index is 1.79. The number of carbonyl (C=O) groups excluding carboxylic acids is 2. The van der Waals surface area contributed by atoms with Gasteiger partial charge in [0.15, 0.2) is 11.5 Å². The van der Waals surface area contributed by atoms with Crippen LogP contribution in [0.5, 0.6) is 11.5 Å². The van der Waals surface area contributed by atoms with E-state index in [4.69, 9.17) is 9.47 Å². The van der Waals surface area contributed by atoms with Crippen molar-refractivity contribution in [2.75, 3.05) is 26.6 Å². The summed E-state index contributed by atoms with van der Waals surface area (Å²) in [5.74, 6) is 0.253. The highest BCUT2D eigenvalue weighted by atomic mass is 32.1. The van der Waals surface area contributed by atoms with Gasteiger partial charge in [-0.25, -0.2) is 0 Å². The van der Waals surface area contributed by atoms with Crippen LogP contribution >= 0.6 is 11.3 Å². The van der Waals surface area contributed by atoms with Crippen LogP contribution in [0.15, 0.2) is 42.5 Å². The maximum atomic E-state index is 13.7. The minimum Gasteiger partial charge on any atom is -0.493 e. The summed E-state index contributed by atoms with van der Waals surface area (Å²) in [6.07, 6.45) is 0. The number of ether oxygens (including phenoxy) is 2. The largest absolute Gasteiger partial charge is 0.493 e. The molecule has 0 unspecified atom stereocenters. The molecule has 1 aliphatic heterocycles. The molecule has 1 aromatic heterocycles. The van der Waals surface area contributed by atoms with Crippen LogP contribution in [0.3, 0.4) is 0 Å². The van der Waals surface area contributed by atoms with Crippen molar-refractivity contribution >= 4 is 28.3 Å². The van der Waals surface area contributed by atoms with Gasteiger partial charge < -0.3 is 14.4 Å². The first kappa shape index (κ1) is 22.7. The Morgan fingerprint density at radius 1 is 1.09 bits per heavy atom. The first-order valence-electron chi connectivity index (χ1n) is 10.6. The number of hydrogen-bond acceptors (Lipinski definition) is 7. The third-order valence-corrected chi connectivity index (χ3v) is 6.92. The summed E-state index contributed by atoms with van der Waals surface area (Å²) in [4.78, 5) is 28.5. The quantitative estimate of drug-likeness (QED) is 0.584. The fourth-order valence-corrected chi connectivity index (χ4v) is 4.86. The molecule has 0 fully saturated rings. The van der Waals surface area contributed by atoms with Gasteiger partial charge in [-0.15, -0.1) is 10.2 Å². The lowest BCUT2D eigenvalue weighted by Crippen LogP contribution is -2.44. The molecule has 0 bridgehead atoms. The number of nitrogens with one attached hydrogen (secondary N) is 1. The maximum Gasteiger partial charge on any atom is 0.254 e. The molecule has 0 saturated carbocycles. The molecule has 3 aromatic rings. The molecule has 8 nitrogen and oxygen atoms in total. The van der Waals surface area contributed by atoms with Crippen molar-refractivity contribution in [3.8, 4) is 11.5 Å². The van der Waals surface area contributed by atoms with Crippen LogP contribution in [0.4, 0.5) is 5.13 Å². The molecular weight excluding hydrogens is 440 g/mol. The highest BCUT2D eigenvalue weighted by molar-refractivity contribution is 7.15. The Morgan fingerprint density at radius 3 is 2.48 bits per heavy atom. The third kappa shape index (κ3) is 4.16. The molecule has 2 atom stereocenters. The van der Waals surface area contributed by atoms with Gasteiger partial charge in [-0.1, -0.05) is 49.4 Å². The molecule has 0 saturated heterocycles. The van der Waals surface area contributed by atoms with E-state index in [2.05, 4.69) is 15.5 Å². The van der Waals surface area contributed by atoms with Gasteiger partial charge in [0.05, 0.1) is 26.2 Å². The summed E-state index contributed by atoms with van der Waals surface area (Å²) < 4.78 is 10.8. The number of carbonyl (C=O) groups is 2. The standard InChI is InChI=1S/C24H26N4O4S/c1-13(2)22-26-27-24(33-22)25-21(29)19-15-8-6-7-9-16(15)23(30)28(3)20(19)14-10-11-17(31-4)18(12-14)32-5/h6-13,19-20H,1-5H3,(H,25,27,29)/t19-,20-/m0/s1. The summed E-state index contributed by atoms with van der Waals surface area (Å²) in [6, 6.07) is 12.1. The summed E-state index contributed by atoms with van der Waals surface area (Å²) in [5.41, 5.74) is 1.95. The summed E-state index contributed by atoms with van der Waals surface area (Å²) in [5, 5.41) is 12.5. The molecule has 172 valence electrons. The van der Waals surface area contributed by atoms with E-state index in [9.17, 15) is 9.59 Å². The van der Waals surface area contributed by atoms with Crippen molar-refractivity contribution in [1.82, 2.24) is 15.1 Å². The van der Waals surface area contributed by atoms with Gasteiger partial charge >= 0.3 is 0 Å². The first-order chi connectivity index (χ1) is 15.8. The van der Waals surface area contributed by atoms with E-state index in [1.807, 2.05) is 38.1 Å². The van der Waals surface area contributed by atoms with Crippen molar-refractivity contribution in [2.45, 2.75) is 31.7 Å². The lowest BCUT2D eigenvalue weighted by Gasteiger charge is -2.39. The number of anilines is 1. The smallest absolute Gasteiger partial charge is 0.254 e. The van der Waals surface area contributed by atoms with Crippen molar-refractivity contribution in [3.63, 3.8) is 0 Å². The minimum absolute atomic E-state index is 0.146. The Morgan fingerprint density at radius 2 is 1.82 bits per heavy atom. The molecule has 0 spiro atoms. The molecule has 9 heteroatoms. The Labute approximate surface area is 196 Å². The number of amides is 2. The lowest BCUT2D eigenvalue weighted by atomic mass is 9.79. The van der Waals surface area contributed by atoms with Gasteiger partial charge in [0.2, 0.25) is 11.0 Å². The van der Waals surface area contributed by atoms with Crippen molar-refractivity contribution in [1.29, 1.82) is 0 Å². The Kier molecular flexibility index (Phi) is 6.33. The van der Waals surface area contributed by atoms with E-state index in [1.165, 1.54) is 11.3 Å². The maximum absolute atomic E-state index is 13.7. The fourth-order valence-electron chi connectivity index (χ4n) is 4.11. The first-order valence-corrected chi connectivity index (χ1v) is 11.4. The highest BCUT2D eigenvalue weighted by Gasteiger charge is 2.43. The summed E-state index contributed by atoms with van der Waals surface area (Å²) >= 11 is 1.35. The van der Waals surface area contributed by atoms with Gasteiger partial charge in [-0.3, -0.25) is 14.9 Å². The monoisotopic (exact) mass is 466 g/mol. The number of nitrogens with zero attached hydrogens (tertiary/aromatic N) is 3. The third-order valence-electron chi connectivity index (χ3n) is 5.78. The zero-order chi connectivity index (χ0) is 23.7. The molecule has 2 aromatic carbocycles. The molecule has 4 rings (SSSR count). The van der Waals surface area contributed by atoms with Crippen LogP contribution in [0, 0.1) is 0 Å². The van der Waals surface area contributed by atoms with E-state index in [0.717, 1.165) is 10.6 Å². The van der Waals surface area contributed by atoms with E-state index in [0.29, 0.717) is 27.8 Å². The van der Waals surface area contributed by atoms with Gasteiger partial charge in [0.25, 0.3) is 5.91 Å². The normalized spacial score (nSPS) is 17.6. The number of likely N-dealkylation sites (N-methyl/N-ethyl adjacent to an activating group) is 1. The molecule has 2 amide bonds. The van der Waals surface area contributed by atoms with Crippen molar-refractivity contribution in [2.24, 2.45) is 0 Å². The minimum atomic E-state index is -0.659. The average Bonchev–Trinajstić information content (AvgIpc) is 3.29. The molecule has 2 heterocycles. The number of methoxy groups -OCH3 is 2. The van der Waals surface area contributed by atoms with Crippen LogP contribution < -0.4 is 14.8 Å². The lowest BCUT2D eigenvalue weighted by molar-refractivity contribution is -0.119. The average molecular weight is 467 g/mol. The molecule has 0 aliphatic carbocycles. The van der Waals surface area contributed by atoms with Crippen molar-refractivity contribution < 1.29 is 19.1 Å². The van der Waals surface area contributed by atoms with Gasteiger partial charge in [0.1, 0.15) is 5.01 Å². The zero-order valence-corrected chi connectivity index (χ0v) is 20.0.